The maximum Gasteiger partial charge on any atom is 0.333 e. The van der Waals surface area contributed by atoms with Crippen LogP contribution in [0.3, 0.4) is 0 Å². The van der Waals surface area contributed by atoms with Crippen LogP contribution >= 0.6 is 0 Å². The first-order valence-electron chi connectivity index (χ1n) is 5.59. The van der Waals surface area contributed by atoms with Crippen LogP contribution < -0.4 is 22.7 Å². The molecule has 0 unspecified atom stereocenters. The highest BCUT2D eigenvalue weighted by molar-refractivity contribution is 5.72. The molecule has 0 amide bonds. The molecule has 0 saturated carbocycles. The number of aliphatic carboxylic acids is 1. The first-order chi connectivity index (χ1) is 9.66. The summed E-state index contributed by atoms with van der Waals surface area (Å²) in [4.78, 5) is 38.2. The van der Waals surface area contributed by atoms with Crippen molar-refractivity contribution in [2.75, 3.05) is 0 Å². The molecule has 0 saturated heterocycles. The molecule has 0 bridgehead atoms. The molecular weight excluding hydrogens is 282 g/mol. The first kappa shape index (κ1) is 15.9. The highest BCUT2D eigenvalue weighted by Gasteiger charge is 2.16. The van der Waals surface area contributed by atoms with Crippen molar-refractivity contribution in [2.24, 2.45) is 25.6 Å². The van der Waals surface area contributed by atoms with Crippen LogP contribution in [0.25, 0.3) is 11.2 Å². The van der Waals surface area contributed by atoms with E-state index in [1.165, 1.54) is 17.9 Å². The molecule has 11 heteroatoms. The third kappa shape index (κ3) is 3.26. The monoisotopic (exact) mass is 297 g/mol. The Balaban J connectivity index is 0.000000491. The lowest BCUT2D eigenvalue weighted by Gasteiger charge is -2.05. The average Bonchev–Trinajstić information content (AvgIpc) is 2.73. The van der Waals surface area contributed by atoms with E-state index in [1.807, 2.05) is 0 Å². The number of nitrogens with two attached hydrogens (primary N) is 2. The minimum atomic E-state index is -1.24. The van der Waals surface area contributed by atoms with Crippen molar-refractivity contribution in [3.8, 4) is 0 Å². The van der Waals surface area contributed by atoms with Crippen molar-refractivity contribution in [2.45, 2.75) is 6.54 Å². The molecule has 0 spiro atoms. The molecule has 0 aliphatic carbocycles. The van der Waals surface area contributed by atoms with Crippen LogP contribution in [0, 0.1) is 5.41 Å². The van der Waals surface area contributed by atoms with Crippen molar-refractivity contribution in [3.05, 3.63) is 27.2 Å². The smallest absolute Gasteiger partial charge is 0.333 e. The summed E-state index contributed by atoms with van der Waals surface area (Å²) in [6, 6.07) is 0. The van der Waals surface area contributed by atoms with Gasteiger partial charge in [0, 0.05) is 14.1 Å². The molecule has 2 aromatic heterocycles. The molecule has 0 aliphatic rings. The van der Waals surface area contributed by atoms with E-state index in [0.29, 0.717) is 4.57 Å². The van der Waals surface area contributed by atoms with Gasteiger partial charge in [-0.15, -0.1) is 0 Å². The molecule has 0 fully saturated rings. The van der Waals surface area contributed by atoms with E-state index in [-0.39, 0.29) is 17.1 Å². The quantitative estimate of drug-likeness (QED) is 0.346. The summed E-state index contributed by atoms with van der Waals surface area (Å²) in [6.07, 6.45) is 1.40. The van der Waals surface area contributed by atoms with Crippen LogP contribution in [-0.2, 0) is 25.4 Å². The summed E-state index contributed by atoms with van der Waals surface area (Å²) in [5.41, 5.74) is 8.05. The number of carboxylic acid groups (broad SMARTS) is 1. The Bertz CT molecular complexity index is 809. The summed E-state index contributed by atoms with van der Waals surface area (Å²) >= 11 is 0. The average molecular weight is 297 g/mol. The zero-order chi connectivity index (χ0) is 16.3. The Hall–Kier alpha value is -3.11. The number of hydrogen-bond donors (Lipinski definition) is 4. The molecule has 0 aromatic carbocycles. The lowest BCUT2D eigenvalue weighted by atomic mass is 10.5. The second-order valence-electron chi connectivity index (χ2n) is 4.11. The minimum Gasteiger partial charge on any atom is -0.480 e. The van der Waals surface area contributed by atoms with Gasteiger partial charge in [0.1, 0.15) is 6.54 Å². The van der Waals surface area contributed by atoms with Crippen LogP contribution in [0.2, 0.25) is 0 Å². The highest BCUT2D eigenvalue weighted by Crippen LogP contribution is 2.02. The largest absolute Gasteiger partial charge is 0.480 e. The van der Waals surface area contributed by atoms with E-state index in [9.17, 15) is 14.4 Å². The topological polar surface area (TPSA) is 175 Å². The zero-order valence-corrected chi connectivity index (χ0v) is 11.4. The molecule has 0 aliphatic heterocycles. The summed E-state index contributed by atoms with van der Waals surface area (Å²) < 4.78 is 3.28. The first-order valence-corrected chi connectivity index (χ1v) is 5.59. The lowest BCUT2D eigenvalue weighted by molar-refractivity contribution is -0.137. The van der Waals surface area contributed by atoms with E-state index in [0.717, 1.165) is 4.57 Å². The summed E-state index contributed by atoms with van der Waals surface area (Å²) in [5, 5.41) is 14.7. The SMILES string of the molecule is Cn1cnc2c1c(=O)n(CC(=O)O)c(=O)n2C.N=C(N)N. The molecule has 11 nitrogen and oxygen atoms in total. The molecule has 0 atom stereocenters. The molecule has 21 heavy (non-hydrogen) atoms. The van der Waals surface area contributed by atoms with Crippen molar-refractivity contribution >= 4 is 23.1 Å². The number of carbonyl (C=O) groups is 1. The fraction of sp³-hybridized carbons (Fsp3) is 0.300. The predicted octanol–water partition coefficient (Wildman–Crippen LogP) is -2.64. The lowest BCUT2D eigenvalue weighted by Crippen LogP contribution is -2.41. The number of imidazole rings is 1. The normalized spacial score (nSPS) is 10.0. The van der Waals surface area contributed by atoms with Gasteiger partial charge in [-0.3, -0.25) is 19.6 Å². The van der Waals surface area contributed by atoms with E-state index in [1.54, 1.807) is 7.05 Å². The molecule has 2 rings (SSSR count). The van der Waals surface area contributed by atoms with Crippen LogP contribution in [0.4, 0.5) is 0 Å². The predicted molar refractivity (Wildman–Crippen MR) is 74.0 cm³/mol. The van der Waals surface area contributed by atoms with Crippen LogP contribution in [0.5, 0.6) is 0 Å². The van der Waals surface area contributed by atoms with Gasteiger partial charge in [-0.05, 0) is 0 Å². The third-order valence-electron chi connectivity index (χ3n) is 2.49. The van der Waals surface area contributed by atoms with Crippen molar-refractivity contribution in [1.29, 1.82) is 5.41 Å². The van der Waals surface area contributed by atoms with Gasteiger partial charge >= 0.3 is 11.7 Å². The van der Waals surface area contributed by atoms with Gasteiger partial charge in [-0.25, -0.2) is 14.3 Å². The number of hydrogen-bond acceptors (Lipinski definition) is 5. The molecule has 0 radical (unpaired) electrons. The number of carboxylic acids is 1. The second kappa shape index (κ2) is 5.90. The number of nitrogens with zero attached hydrogens (tertiary/aromatic N) is 4. The van der Waals surface area contributed by atoms with Gasteiger partial charge in [0.15, 0.2) is 17.1 Å². The number of aryl methyl sites for hydroxylation is 2. The Morgan fingerprint density at radius 1 is 1.38 bits per heavy atom. The minimum absolute atomic E-state index is 0.202. The maximum atomic E-state index is 11.9. The molecular formula is C10H15N7O4. The van der Waals surface area contributed by atoms with Gasteiger partial charge in [0.25, 0.3) is 5.56 Å². The zero-order valence-electron chi connectivity index (χ0n) is 11.4. The van der Waals surface area contributed by atoms with Crippen molar-refractivity contribution < 1.29 is 9.90 Å². The van der Waals surface area contributed by atoms with Gasteiger partial charge in [0.05, 0.1) is 6.33 Å². The number of nitrogens with one attached hydrogen (secondary N) is 1. The fourth-order valence-corrected chi connectivity index (χ4v) is 1.67. The van der Waals surface area contributed by atoms with Crippen LogP contribution in [0.1, 0.15) is 0 Å². The number of fused-ring (bicyclic) bond motifs is 1. The molecule has 6 N–H and O–H groups in total. The van der Waals surface area contributed by atoms with Gasteiger partial charge in [-0.1, -0.05) is 0 Å². The highest BCUT2D eigenvalue weighted by atomic mass is 16.4. The Kier molecular flexibility index (Phi) is 4.48. The van der Waals surface area contributed by atoms with Gasteiger partial charge in [0.2, 0.25) is 0 Å². The summed E-state index contributed by atoms with van der Waals surface area (Å²) in [5.74, 6) is -1.58. The Morgan fingerprint density at radius 3 is 2.38 bits per heavy atom. The van der Waals surface area contributed by atoms with Crippen molar-refractivity contribution in [3.63, 3.8) is 0 Å². The summed E-state index contributed by atoms with van der Waals surface area (Å²) in [6.45, 7) is -0.660. The standard InChI is InChI=1S/C9H10N4O4.CH5N3/c1-11-4-10-7-6(11)8(16)13(3-5(14)15)9(17)12(7)2;2-1(3)4/h4H,3H2,1-2H3,(H,14,15);(H5,2,3,4). The van der Waals surface area contributed by atoms with E-state index < -0.39 is 23.8 Å². The van der Waals surface area contributed by atoms with Crippen LogP contribution in [-0.4, -0.2) is 35.7 Å². The van der Waals surface area contributed by atoms with Crippen molar-refractivity contribution in [1.82, 2.24) is 18.7 Å². The van der Waals surface area contributed by atoms with E-state index in [2.05, 4.69) is 16.5 Å². The number of aromatic nitrogens is 4. The second-order valence-corrected chi connectivity index (χ2v) is 4.11. The number of rotatable bonds is 2. The third-order valence-corrected chi connectivity index (χ3v) is 2.49. The van der Waals surface area contributed by atoms with E-state index in [4.69, 9.17) is 10.5 Å². The summed E-state index contributed by atoms with van der Waals surface area (Å²) in [7, 11) is 3.04. The number of guanidine groups is 1. The van der Waals surface area contributed by atoms with Gasteiger partial charge in [-0.2, -0.15) is 0 Å². The van der Waals surface area contributed by atoms with E-state index >= 15 is 0 Å². The van der Waals surface area contributed by atoms with Gasteiger partial charge < -0.3 is 21.1 Å². The molecule has 2 aromatic rings. The molecule has 114 valence electrons. The fourth-order valence-electron chi connectivity index (χ4n) is 1.67. The molecule has 2 heterocycles. The Morgan fingerprint density at radius 2 is 1.90 bits per heavy atom. The Labute approximate surface area is 117 Å². The maximum absolute atomic E-state index is 11.9. The van der Waals surface area contributed by atoms with Crippen LogP contribution in [0.15, 0.2) is 15.9 Å².